The Labute approximate surface area is 82.7 Å². The number of rotatable bonds is 3. The van der Waals surface area contributed by atoms with Crippen molar-refractivity contribution in [3.8, 4) is 0 Å². The average molecular weight is 189 g/mol. The molecule has 0 saturated heterocycles. The van der Waals surface area contributed by atoms with Crippen molar-refractivity contribution in [1.29, 1.82) is 0 Å². The van der Waals surface area contributed by atoms with Crippen molar-refractivity contribution < 1.29 is 9.63 Å². The van der Waals surface area contributed by atoms with Crippen LogP contribution >= 0.6 is 0 Å². The van der Waals surface area contributed by atoms with E-state index < -0.39 is 5.97 Å². The summed E-state index contributed by atoms with van der Waals surface area (Å²) in [5.41, 5.74) is 1.07. The van der Waals surface area contributed by atoms with E-state index in [-0.39, 0.29) is 0 Å². The van der Waals surface area contributed by atoms with Gasteiger partial charge < -0.3 is 4.84 Å². The van der Waals surface area contributed by atoms with Crippen molar-refractivity contribution in [3.63, 3.8) is 0 Å². The van der Waals surface area contributed by atoms with Gasteiger partial charge in [0.25, 0.3) is 0 Å². The summed E-state index contributed by atoms with van der Waals surface area (Å²) >= 11 is 0. The summed E-state index contributed by atoms with van der Waals surface area (Å²) in [5.74, 6) is -0.422. The molecule has 0 aromatic heterocycles. The fraction of sp³-hybridized carbons (Fsp3) is 0.0909. The quantitative estimate of drug-likeness (QED) is 0.415. The molecule has 0 amide bonds. The Morgan fingerprint density at radius 1 is 1.36 bits per heavy atom. The lowest BCUT2D eigenvalue weighted by Crippen LogP contribution is -1.89. The fourth-order valence-electron chi connectivity index (χ4n) is 0.858. The molecule has 1 aromatic carbocycles. The second-order valence-corrected chi connectivity index (χ2v) is 2.61. The number of oxime groups is 1. The van der Waals surface area contributed by atoms with Crippen LogP contribution in [0.2, 0.25) is 0 Å². The van der Waals surface area contributed by atoms with E-state index in [1.54, 1.807) is 6.08 Å². The van der Waals surface area contributed by atoms with Crippen LogP contribution in [0.25, 0.3) is 6.08 Å². The molecule has 3 nitrogen and oxygen atoms in total. The van der Waals surface area contributed by atoms with Crippen LogP contribution in [-0.4, -0.2) is 12.2 Å². The van der Waals surface area contributed by atoms with Crippen molar-refractivity contribution in [2.24, 2.45) is 5.16 Å². The molecular formula is C11H11NO2. The molecular weight excluding hydrogens is 178 g/mol. The fourth-order valence-corrected chi connectivity index (χ4v) is 0.858. The molecule has 14 heavy (non-hydrogen) atoms. The Bertz CT molecular complexity index is 342. The number of hydrogen-bond donors (Lipinski definition) is 0. The first-order valence-corrected chi connectivity index (χ1v) is 4.22. The molecule has 0 spiro atoms. The van der Waals surface area contributed by atoms with Gasteiger partial charge in [-0.1, -0.05) is 41.6 Å². The molecule has 0 heterocycles. The van der Waals surface area contributed by atoms with Gasteiger partial charge in [-0.3, -0.25) is 0 Å². The maximum Gasteiger partial charge on any atom is 0.331 e. The van der Waals surface area contributed by atoms with Crippen molar-refractivity contribution in [2.45, 2.75) is 6.92 Å². The van der Waals surface area contributed by atoms with Crippen molar-refractivity contribution in [3.05, 3.63) is 42.0 Å². The summed E-state index contributed by atoms with van der Waals surface area (Å²) in [6, 6.07) is 9.78. The second-order valence-electron chi connectivity index (χ2n) is 2.61. The second kappa shape index (κ2) is 5.70. The highest BCUT2D eigenvalue weighted by Crippen LogP contribution is 1.99. The Morgan fingerprint density at radius 2 is 2.07 bits per heavy atom. The lowest BCUT2D eigenvalue weighted by Gasteiger charge is -1.88. The zero-order chi connectivity index (χ0) is 10.2. The van der Waals surface area contributed by atoms with Crippen molar-refractivity contribution in [1.82, 2.24) is 0 Å². The zero-order valence-electron chi connectivity index (χ0n) is 7.88. The summed E-state index contributed by atoms with van der Waals surface area (Å²) in [6.45, 7) is 1.30. The minimum Gasteiger partial charge on any atom is -0.319 e. The van der Waals surface area contributed by atoms with E-state index in [1.807, 2.05) is 36.4 Å². The van der Waals surface area contributed by atoms with Gasteiger partial charge in [0.1, 0.15) is 0 Å². The van der Waals surface area contributed by atoms with Crippen LogP contribution in [0.5, 0.6) is 0 Å². The molecule has 0 aliphatic rings. The number of benzene rings is 1. The highest BCUT2D eigenvalue weighted by molar-refractivity contribution is 5.78. The highest BCUT2D eigenvalue weighted by Gasteiger charge is 1.84. The Hall–Kier alpha value is -1.90. The van der Waals surface area contributed by atoms with E-state index in [0.29, 0.717) is 0 Å². The number of carbonyl (C=O) groups excluding carboxylic acids is 1. The van der Waals surface area contributed by atoms with Gasteiger partial charge in [0, 0.05) is 6.92 Å². The third-order valence-electron chi connectivity index (χ3n) is 1.42. The normalized spacial score (nSPS) is 10.9. The average Bonchev–Trinajstić information content (AvgIpc) is 2.18. The molecule has 0 radical (unpaired) electrons. The molecule has 1 aromatic rings. The molecule has 0 aliphatic carbocycles. The monoisotopic (exact) mass is 189 g/mol. The number of hydrogen-bond acceptors (Lipinski definition) is 3. The Morgan fingerprint density at radius 3 is 2.71 bits per heavy atom. The van der Waals surface area contributed by atoms with E-state index in [1.165, 1.54) is 13.1 Å². The Balaban J connectivity index is 2.42. The Kier molecular flexibility index (Phi) is 4.14. The molecule has 0 aliphatic heterocycles. The molecule has 0 N–H and O–H groups in total. The maximum atomic E-state index is 10.3. The zero-order valence-corrected chi connectivity index (χ0v) is 7.88. The summed E-state index contributed by atoms with van der Waals surface area (Å²) < 4.78 is 0. The van der Waals surface area contributed by atoms with Gasteiger partial charge in [0.2, 0.25) is 0 Å². The molecule has 0 saturated carbocycles. The third-order valence-corrected chi connectivity index (χ3v) is 1.42. The van der Waals surface area contributed by atoms with Gasteiger partial charge in [0.05, 0.1) is 6.21 Å². The third kappa shape index (κ3) is 4.21. The largest absolute Gasteiger partial charge is 0.331 e. The molecule has 0 atom stereocenters. The maximum absolute atomic E-state index is 10.3. The van der Waals surface area contributed by atoms with Crippen LogP contribution in [0.1, 0.15) is 12.5 Å². The van der Waals surface area contributed by atoms with Gasteiger partial charge >= 0.3 is 5.97 Å². The minimum absolute atomic E-state index is 0.422. The van der Waals surface area contributed by atoms with Crippen LogP contribution < -0.4 is 0 Å². The summed E-state index contributed by atoms with van der Waals surface area (Å²) in [4.78, 5) is 14.7. The molecule has 0 unspecified atom stereocenters. The summed E-state index contributed by atoms with van der Waals surface area (Å²) in [5, 5.41) is 3.42. The van der Waals surface area contributed by atoms with E-state index >= 15 is 0 Å². The van der Waals surface area contributed by atoms with Gasteiger partial charge in [-0.25, -0.2) is 4.79 Å². The summed E-state index contributed by atoms with van der Waals surface area (Å²) in [6.07, 6.45) is 5.00. The van der Waals surface area contributed by atoms with E-state index in [2.05, 4.69) is 9.99 Å². The lowest BCUT2D eigenvalue weighted by molar-refractivity contribution is -0.140. The first-order chi connectivity index (χ1) is 6.79. The highest BCUT2D eigenvalue weighted by atomic mass is 16.7. The lowest BCUT2D eigenvalue weighted by atomic mass is 10.2. The number of nitrogens with zero attached hydrogens (tertiary/aromatic N) is 1. The smallest absolute Gasteiger partial charge is 0.319 e. The SMILES string of the molecule is CC(=O)O/N=C/C=C/c1ccccc1. The first-order valence-electron chi connectivity index (χ1n) is 4.22. The molecule has 3 heteroatoms. The van der Waals surface area contributed by atoms with E-state index in [4.69, 9.17) is 0 Å². The van der Waals surface area contributed by atoms with Crippen LogP contribution in [0.4, 0.5) is 0 Å². The van der Waals surface area contributed by atoms with Crippen LogP contribution in [-0.2, 0) is 9.63 Å². The van der Waals surface area contributed by atoms with E-state index in [0.717, 1.165) is 5.56 Å². The van der Waals surface area contributed by atoms with Gasteiger partial charge in [-0.15, -0.1) is 0 Å². The molecule has 1 rings (SSSR count). The van der Waals surface area contributed by atoms with Crippen molar-refractivity contribution >= 4 is 18.3 Å². The van der Waals surface area contributed by atoms with E-state index in [9.17, 15) is 4.79 Å². The van der Waals surface area contributed by atoms with Gasteiger partial charge in [-0.05, 0) is 11.6 Å². The topological polar surface area (TPSA) is 38.7 Å². The number of allylic oxidation sites excluding steroid dienone is 1. The van der Waals surface area contributed by atoms with Gasteiger partial charge in [0.15, 0.2) is 0 Å². The number of carbonyl (C=O) groups is 1. The predicted octanol–water partition coefficient (Wildman–Crippen LogP) is 2.25. The first kappa shape index (κ1) is 10.2. The molecule has 72 valence electrons. The van der Waals surface area contributed by atoms with Crippen LogP contribution in [0.15, 0.2) is 41.6 Å². The predicted molar refractivity (Wildman–Crippen MR) is 55.7 cm³/mol. The standard InChI is InChI=1S/C11H11NO2/c1-10(13)14-12-9-5-8-11-6-3-2-4-7-11/h2-9H,1H3/b8-5+,12-9+. The molecule has 0 bridgehead atoms. The summed E-state index contributed by atoms with van der Waals surface area (Å²) in [7, 11) is 0. The van der Waals surface area contributed by atoms with Crippen LogP contribution in [0.3, 0.4) is 0 Å². The minimum atomic E-state index is -0.422. The molecule has 0 fully saturated rings. The van der Waals surface area contributed by atoms with Gasteiger partial charge in [-0.2, -0.15) is 0 Å². The van der Waals surface area contributed by atoms with Crippen molar-refractivity contribution in [2.75, 3.05) is 0 Å². The van der Waals surface area contributed by atoms with Crippen LogP contribution in [0, 0.1) is 0 Å².